The topological polar surface area (TPSA) is 100 Å². The van der Waals surface area contributed by atoms with Gasteiger partial charge in [0.25, 0.3) is 0 Å². The van der Waals surface area contributed by atoms with Gasteiger partial charge in [0.2, 0.25) is 15.9 Å². The molecule has 3 saturated heterocycles. The number of fused-ring (bicyclic) bond motifs is 2. The number of hydrogen-bond donors (Lipinski definition) is 1. The van der Waals surface area contributed by atoms with E-state index >= 15 is 0 Å². The van der Waals surface area contributed by atoms with E-state index in [-0.39, 0.29) is 17.9 Å². The first-order chi connectivity index (χ1) is 18.5. The van der Waals surface area contributed by atoms with Crippen LogP contribution in [0, 0.1) is 12.8 Å². The average molecular weight is 597 g/mol. The van der Waals surface area contributed by atoms with Gasteiger partial charge in [0.15, 0.2) is 0 Å². The number of carbonyl (C=O) groups excluding carboxylic acids is 1. The van der Waals surface area contributed by atoms with Crippen molar-refractivity contribution in [3.8, 4) is 0 Å². The SMILES string of the molecule is Cc1nnc(C(C)C)n1C1C[C@@H]2CC[C@@H](C1)N2CC[C@H](NC(=O)C1CCN(S(C)(=O)=O)CC1)c1ccc(Cl)s1. The van der Waals surface area contributed by atoms with E-state index in [1.807, 2.05) is 12.1 Å². The lowest BCUT2D eigenvalue weighted by atomic mass is 9.95. The second-order valence-electron chi connectivity index (χ2n) is 11.8. The fourth-order valence-corrected chi connectivity index (χ4v) is 8.89. The van der Waals surface area contributed by atoms with Crippen LogP contribution in [-0.4, -0.2) is 76.3 Å². The highest BCUT2D eigenvalue weighted by Crippen LogP contribution is 2.42. The van der Waals surface area contributed by atoms with E-state index in [1.54, 1.807) is 0 Å². The van der Waals surface area contributed by atoms with Crippen molar-refractivity contribution in [2.75, 3.05) is 25.9 Å². The average Bonchev–Trinajstić information content (AvgIpc) is 3.56. The van der Waals surface area contributed by atoms with Gasteiger partial charge >= 0.3 is 0 Å². The molecule has 5 heterocycles. The highest BCUT2D eigenvalue weighted by Gasteiger charge is 2.42. The lowest BCUT2D eigenvalue weighted by Crippen LogP contribution is -2.46. The van der Waals surface area contributed by atoms with Gasteiger partial charge in [-0.2, -0.15) is 0 Å². The molecule has 1 amide bonds. The highest BCUT2D eigenvalue weighted by atomic mass is 35.5. The molecule has 1 N–H and O–H groups in total. The number of aryl methyl sites for hydroxylation is 1. The summed E-state index contributed by atoms with van der Waals surface area (Å²) in [5, 5.41) is 12.2. The highest BCUT2D eigenvalue weighted by molar-refractivity contribution is 7.88. The molecular formula is C27H41ClN6O3S2. The number of rotatable bonds is 9. The molecule has 2 aromatic rings. The second kappa shape index (κ2) is 11.8. The summed E-state index contributed by atoms with van der Waals surface area (Å²) >= 11 is 7.81. The zero-order valence-corrected chi connectivity index (χ0v) is 25.7. The Morgan fingerprint density at radius 1 is 1.10 bits per heavy atom. The summed E-state index contributed by atoms with van der Waals surface area (Å²) in [5.41, 5.74) is 0. The van der Waals surface area contributed by atoms with Crippen LogP contribution in [0.4, 0.5) is 0 Å². The van der Waals surface area contributed by atoms with Crippen LogP contribution < -0.4 is 5.32 Å². The van der Waals surface area contributed by atoms with Crippen LogP contribution in [0.3, 0.4) is 0 Å². The molecule has 0 aliphatic carbocycles. The lowest BCUT2D eigenvalue weighted by Gasteiger charge is -2.40. The van der Waals surface area contributed by atoms with Crippen LogP contribution in [0.2, 0.25) is 4.34 Å². The van der Waals surface area contributed by atoms with Crippen molar-refractivity contribution in [1.82, 2.24) is 29.3 Å². The number of carbonyl (C=O) groups is 1. The maximum absolute atomic E-state index is 13.3. The van der Waals surface area contributed by atoms with Crippen molar-refractivity contribution < 1.29 is 13.2 Å². The Morgan fingerprint density at radius 3 is 2.33 bits per heavy atom. The Labute approximate surface area is 241 Å². The molecule has 12 heteroatoms. The maximum atomic E-state index is 13.3. The fraction of sp³-hybridized carbons (Fsp3) is 0.741. The van der Waals surface area contributed by atoms with Crippen molar-refractivity contribution >= 4 is 38.9 Å². The molecule has 5 rings (SSSR count). The van der Waals surface area contributed by atoms with Crippen LogP contribution in [0.1, 0.15) is 93.3 Å². The number of nitrogens with zero attached hydrogens (tertiary/aromatic N) is 5. The maximum Gasteiger partial charge on any atom is 0.223 e. The number of halogens is 1. The minimum Gasteiger partial charge on any atom is -0.348 e. The summed E-state index contributed by atoms with van der Waals surface area (Å²) in [7, 11) is -3.22. The monoisotopic (exact) mass is 596 g/mol. The molecule has 9 nitrogen and oxygen atoms in total. The number of nitrogens with one attached hydrogen (secondary N) is 1. The van der Waals surface area contributed by atoms with E-state index in [1.165, 1.54) is 34.7 Å². The first-order valence-corrected chi connectivity index (χ1v) is 17.2. The molecule has 3 atom stereocenters. The zero-order chi connectivity index (χ0) is 27.9. The molecule has 3 aliphatic rings. The number of hydrogen-bond acceptors (Lipinski definition) is 7. The van der Waals surface area contributed by atoms with E-state index in [2.05, 4.69) is 45.8 Å². The van der Waals surface area contributed by atoms with Crippen LogP contribution >= 0.6 is 22.9 Å². The van der Waals surface area contributed by atoms with Crippen molar-refractivity contribution in [3.63, 3.8) is 0 Å². The van der Waals surface area contributed by atoms with E-state index in [0.717, 1.165) is 46.7 Å². The van der Waals surface area contributed by atoms with Gasteiger partial charge in [0.1, 0.15) is 11.6 Å². The van der Waals surface area contributed by atoms with Gasteiger partial charge in [0.05, 0.1) is 16.6 Å². The molecule has 0 unspecified atom stereocenters. The number of sulfonamides is 1. The molecule has 39 heavy (non-hydrogen) atoms. The van der Waals surface area contributed by atoms with Gasteiger partial charge < -0.3 is 9.88 Å². The van der Waals surface area contributed by atoms with E-state index < -0.39 is 10.0 Å². The number of aromatic nitrogens is 3. The summed E-state index contributed by atoms with van der Waals surface area (Å²) in [6, 6.07) is 5.31. The molecule has 2 bridgehead atoms. The predicted molar refractivity (Wildman–Crippen MR) is 155 cm³/mol. The number of amides is 1. The Bertz CT molecular complexity index is 1260. The number of piperidine rings is 2. The third-order valence-electron chi connectivity index (χ3n) is 8.86. The first kappa shape index (κ1) is 29.0. The summed E-state index contributed by atoms with van der Waals surface area (Å²) in [6.07, 6.45) is 7.79. The second-order valence-corrected chi connectivity index (χ2v) is 15.5. The standard InChI is InChI=1S/C27H41ClN6O3S2/c1-17(2)26-31-30-18(3)34(26)22-15-20-5-6-21(16-22)33(20)14-11-23(24-7-8-25(28)38-24)29-27(35)19-9-12-32(13-10-19)39(4,36)37/h7-8,17,19-23H,5-6,9-16H2,1-4H3,(H,29,35)/t20-,21-,23-/m0/s1. The summed E-state index contributed by atoms with van der Waals surface area (Å²) in [6.45, 7) is 8.16. The summed E-state index contributed by atoms with van der Waals surface area (Å²) in [5.74, 6) is 2.29. The minimum absolute atomic E-state index is 0.0173. The van der Waals surface area contributed by atoms with Crippen LogP contribution in [0.25, 0.3) is 0 Å². The molecule has 0 aromatic carbocycles. The molecule has 0 spiro atoms. The largest absolute Gasteiger partial charge is 0.348 e. The van der Waals surface area contributed by atoms with Crippen molar-refractivity contribution in [3.05, 3.63) is 33.0 Å². The van der Waals surface area contributed by atoms with E-state index in [0.29, 0.717) is 50.0 Å². The van der Waals surface area contributed by atoms with E-state index in [9.17, 15) is 13.2 Å². The third-order valence-corrected chi connectivity index (χ3v) is 11.5. The molecule has 2 aromatic heterocycles. The first-order valence-electron chi connectivity index (χ1n) is 14.2. The van der Waals surface area contributed by atoms with Crippen molar-refractivity contribution in [2.45, 2.75) is 95.8 Å². The summed E-state index contributed by atoms with van der Waals surface area (Å²) in [4.78, 5) is 17.0. The van der Waals surface area contributed by atoms with Gasteiger partial charge in [-0.05, 0) is 64.0 Å². The lowest BCUT2D eigenvalue weighted by molar-refractivity contribution is -0.127. The van der Waals surface area contributed by atoms with Gasteiger partial charge in [0, 0.05) is 54.5 Å². The van der Waals surface area contributed by atoms with Crippen LogP contribution in [-0.2, 0) is 14.8 Å². The predicted octanol–water partition coefficient (Wildman–Crippen LogP) is 4.51. The van der Waals surface area contributed by atoms with Gasteiger partial charge in [-0.1, -0.05) is 25.4 Å². The Hall–Kier alpha value is -1.53. The van der Waals surface area contributed by atoms with Crippen LogP contribution in [0.15, 0.2) is 12.1 Å². The molecule has 0 saturated carbocycles. The molecular weight excluding hydrogens is 556 g/mol. The molecule has 3 fully saturated rings. The number of thiophene rings is 1. The van der Waals surface area contributed by atoms with Crippen LogP contribution in [0.5, 0.6) is 0 Å². The van der Waals surface area contributed by atoms with Gasteiger partial charge in [-0.15, -0.1) is 21.5 Å². The fourth-order valence-electron chi connectivity index (χ4n) is 6.87. The molecule has 3 aliphatic heterocycles. The Kier molecular flexibility index (Phi) is 8.74. The third kappa shape index (κ3) is 6.37. The van der Waals surface area contributed by atoms with Crippen molar-refractivity contribution in [1.29, 1.82) is 0 Å². The Balaban J connectivity index is 1.23. The smallest absolute Gasteiger partial charge is 0.223 e. The quantitative estimate of drug-likeness (QED) is 0.457. The zero-order valence-electron chi connectivity index (χ0n) is 23.3. The van der Waals surface area contributed by atoms with Gasteiger partial charge in [-0.25, -0.2) is 12.7 Å². The summed E-state index contributed by atoms with van der Waals surface area (Å²) < 4.78 is 28.3. The van der Waals surface area contributed by atoms with Crippen molar-refractivity contribution in [2.24, 2.45) is 5.92 Å². The minimum atomic E-state index is -3.22. The Morgan fingerprint density at radius 2 is 1.77 bits per heavy atom. The van der Waals surface area contributed by atoms with Gasteiger partial charge in [-0.3, -0.25) is 9.69 Å². The van der Waals surface area contributed by atoms with E-state index in [4.69, 9.17) is 11.6 Å². The molecule has 0 radical (unpaired) electrons. The normalized spacial score (nSPS) is 25.8. The molecule has 216 valence electrons.